The van der Waals surface area contributed by atoms with Gasteiger partial charge in [0.1, 0.15) is 11.6 Å². The van der Waals surface area contributed by atoms with Crippen molar-refractivity contribution in [1.29, 1.82) is 0 Å². The van der Waals surface area contributed by atoms with Gasteiger partial charge < -0.3 is 10.5 Å². The van der Waals surface area contributed by atoms with Crippen LogP contribution in [0.1, 0.15) is 0 Å². The molecule has 0 saturated heterocycles. The van der Waals surface area contributed by atoms with E-state index in [4.69, 9.17) is 5.73 Å². The Morgan fingerprint density at radius 3 is 2.42 bits per heavy atom. The van der Waals surface area contributed by atoms with Crippen LogP contribution in [0.4, 0.5) is 19.0 Å². The van der Waals surface area contributed by atoms with E-state index in [9.17, 15) is 13.2 Å². The molecular formula is C6H5F3N2O. The van der Waals surface area contributed by atoms with Gasteiger partial charge in [0.15, 0.2) is 0 Å². The largest absolute Gasteiger partial charge is 0.573 e. The lowest BCUT2D eigenvalue weighted by Gasteiger charge is -2.07. The normalized spacial score (nSPS) is 11.2. The molecule has 1 aromatic heterocycles. The minimum atomic E-state index is -4.68. The van der Waals surface area contributed by atoms with Gasteiger partial charge in [0.25, 0.3) is 0 Å². The first kappa shape index (κ1) is 8.63. The molecule has 0 atom stereocenters. The van der Waals surface area contributed by atoms with Gasteiger partial charge >= 0.3 is 6.36 Å². The van der Waals surface area contributed by atoms with Crippen LogP contribution in [0.5, 0.6) is 5.75 Å². The number of rotatable bonds is 1. The number of nitrogen functional groups attached to an aromatic ring is 1. The Labute approximate surface area is 66.0 Å². The van der Waals surface area contributed by atoms with Crippen LogP contribution < -0.4 is 10.5 Å². The quantitative estimate of drug-likeness (QED) is 0.709. The van der Waals surface area contributed by atoms with Crippen LogP contribution in [0.15, 0.2) is 18.3 Å². The van der Waals surface area contributed by atoms with E-state index >= 15 is 0 Å². The molecule has 0 aromatic carbocycles. The highest BCUT2D eigenvalue weighted by Crippen LogP contribution is 2.21. The van der Waals surface area contributed by atoms with Crippen LogP contribution in [-0.4, -0.2) is 11.3 Å². The van der Waals surface area contributed by atoms with Crippen molar-refractivity contribution >= 4 is 5.82 Å². The van der Waals surface area contributed by atoms with Crippen LogP contribution in [0, 0.1) is 0 Å². The minimum absolute atomic E-state index is 0.143. The highest BCUT2D eigenvalue weighted by atomic mass is 19.4. The Morgan fingerprint density at radius 1 is 1.33 bits per heavy atom. The molecule has 0 aliphatic rings. The Balaban J connectivity index is 2.71. The first-order valence-corrected chi connectivity index (χ1v) is 2.95. The number of nitrogens with zero attached hydrogens (tertiary/aromatic N) is 1. The first-order valence-electron chi connectivity index (χ1n) is 2.95. The predicted molar refractivity (Wildman–Crippen MR) is 35.3 cm³/mol. The van der Waals surface area contributed by atoms with Crippen molar-refractivity contribution in [2.75, 3.05) is 5.73 Å². The summed E-state index contributed by atoms with van der Waals surface area (Å²) in [5.74, 6) is -0.235. The molecule has 0 amide bonds. The molecule has 3 nitrogen and oxygen atoms in total. The van der Waals surface area contributed by atoms with Crippen molar-refractivity contribution in [2.24, 2.45) is 0 Å². The van der Waals surface area contributed by atoms with Gasteiger partial charge in [0.2, 0.25) is 0 Å². The fourth-order valence-corrected chi connectivity index (χ4v) is 0.586. The number of nitrogens with two attached hydrogens (primary N) is 1. The van der Waals surface area contributed by atoms with E-state index in [0.717, 1.165) is 12.3 Å². The highest BCUT2D eigenvalue weighted by molar-refractivity contribution is 5.32. The minimum Gasteiger partial charge on any atom is -0.404 e. The van der Waals surface area contributed by atoms with E-state index in [-0.39, 0.29) is 11.6 Å². The van der Waals surface area contributed by atoms with Crippen molar-refractivity contribution in [3.8, 4) is 5.75 Å². The Morgan fingerprint density at radius 2 is 2.00 bits per heavy atom. The van der Waals surface area contributed by atoms with Crippen LogP contribution in [0.2, 0.25) is 0 Å². The Bertz CT molecular complexity index is 256. The van der Waals surface area contributed by atoms with Crippen molar-refractivity contribution in [2.45, 2.75) is 6.36 Å². The number of hydrogen-bond donors (Lipinski definition) is 1. The second-order valence-electron chi connectivity index (χ2n) is 1.97. The summed E-state index contributed by atoms with van der Waals surface area (Å²) >= 11 is 0. The maximum atomic E-state index is 11.6. The number of pyridine rings is 1. The van der Waals surface area contributed by atoms with Gasteiger partial charge in [-0.3, -0.25) is 0 Å². The van der Waals surface area contributed by atoms with Crippen LogP contribution in [0.25, 0.3) is 0 Å². The topological polar surface area (TPSA) is 48.1 Å². The van der Waals surface area contributed by atoms with Gasteiger partial charge in [-0.15, -0.1) is 13.2 Å². The molecule has 6 heteroatoms. The summed E-state index contributed by atoms with van der Waals surface area (Å²) < 4.78 is 38.2. The zero-order valence-corrected chi connectivity index (χ0v) is 5.80. The number of ether oxygens (including phenoxy) is 1. The molecule has 0 saturated carbocycles. The molecule has 0 aliphatic carbocycles. The summed E-state index contributed by atoms with van der Waals surface area (Å²) in [5, 5.41) is 0. The van der Waals surface area contributed by atoms with Gasteiger partial charge in [-0.2, -0.15) is 0 Å². The summed E-state index contributed by atoms with van der Waals surface area (Å²) in [4.78, 5) is 3.42. The van der Waals surface area contributed by atoms with Crippen LogP contribution >= 0.6 is 0 Å². The molecular weight excluding hydrogens is 173 g/mol. The molecule has 0 fully saturated rings. The Kier molecular flexibility index (Phi) is 2.07. The average Bonchev–Trinajstić information content (AvgIpc) is 1.91. The van der Waals surface area contributed by atoms with Crippen molar-refractivity contribution in [1.82, 2.24) is 4.98 Å². The molecule has 1 rings (SSSR count). The fraction of sp³-hybridized carbons (Fsp3) is 0.167. The van der Waals surface area contributed by atoms with Gasteiger partial charge in [0.05, 0.1) is 6.20 Å². The van der Waals surface area contributed by atoms with Crippen molar-refractivity contribution in [3.05, 3.63) is 18.3 Å². The monoisotopic (exact) mass is 178 g/mol. The summed E-state index contributed by atoms with van der Waals surface area (Å²) in [5.41, 5.74) is 5.14. The van der Waals surface area contributed by atoms with E-state index in [1.807, 2.05) is 0 Å². The maximum absolute atomic E-state index is 11.6. The maximum Gasteiger partial charge on any atom is 0.573 e. The predicted octanol–water partition coefficient (Wildman–Crippen LogP) is 1.56. The average molecular weight is 178 g/mol. The van der Waals surface area contributed by atoms with Gasteiger partial charge in [-0.05, 0) is 12.1 Å². The van der Waals surface area contributed by atoms with E-state index in [1.165, 1.54) is 6.07 Å². The molecule has 0 spiro atoms. The second-order valence-corrected chi connectivity index (χ2v) is 1.97. The first-order chi connectivity index (χ1) is 5.47. The van der Waals surface area contributed by atoms with Crippen LogP contribution in [-0.2, 0) is 0 Å². The summed E-state index contributed by atoms with van der Waals surface area (Å²) in [6, 6.07) is 2.32. The lowest BCUT2D eigenvalue weighted by Crippen LogP contribution is -2.17. The molecule has 1 heterocycles. The smallest absolute Gasteiger partial charge is 0.404 e. The zero-order chi connectivity index (χ0) is 9.19. The molecule has 1 aromatic rings. The van der Waals surface area contributed by atoms with E-state index in [0.29, 0.717) is 0 Å². The van der Waals surface area contributed by atoms with E-state index in [1.54, 1.807) is 0 Å². The van der Waals surface area contributed by atoms with Crippen LogP contribution in [0.3, 0.4) is 0 Å². The number of anilines is 1. The van der Waals surface area contributed by atoms with E-state index < -0.39 is 6.36 Å². The molecule has 0 unspecified atom stereocenters. The third-order valence-electron chi connectivity index (χ3n) is 0.993. The summed E-state index contributed by atoms with van der Waals surface area (Å²) in [7, 11) is 0. The van der Waals surface area contributed by atoms with Crippen molar-refractivity contribution in [3.63, 3.8) is 0 Å². The fourth-order valence-electron chi connectivity index (χ4n) is 0.586. The molecule has 0 radical (unpaired) electrons. The molecule has 12 heavy (non-hydrogen) atoms. The highest BCUT2D eigenvalue weighted by Gasteiger charge is 2.31. The SMILES string of the molecule is Nc1ccc(OC(F)(F)F)cn1. The van der Waals surface area contributed by atoms with Crippen molar-refractivity contribution < 1.29 is 17.9 Å². The summed E-state index contributed by atoms with van der Waals surface area (Å²) in [6.07, 6.45) is -3.78. The van der Waals surface area contributed by atoms with E-state index in [2.05, 4.69) is 9.72 Å². The summed E-state index contributed by atoms with van der Waals surface area (Å²) in [6.45, 7) is 0. The number of halogens is 3. The second kappa shape index (κ2) is 2.88. The lowest BCUT2D eigenvalue weighted by atomic mass is 10.4. The van der Waals surface area contributed by atoms with Gasteiger partial charge in [-0.25, -0.2) is 4.98 Å². The van der Waals surface area contributed by atoms with Gasteiger partial charge in [0, 0.05) is 0 Å². The lowest BCUT2D eigenvalue weighted by molar-refractivity contribution is -0.274. The van der Waals surface area contributed by atoms with Gasteiger partial charge in [-0.1, -0.05) is 0 Å². The number of aromatic nitrogens is 1. The Hall–Kier alpha value is -1.46. The third kappa shape index (κ3) is 2.65. The molecule has 0 bridgehead atoms. The molecule has 0 aliphatic heterocycles. The standard InChI is InChI=1S/C6H5F3N2O/c7-6(8,9)12-4-1-2-5(10)11-3-4/h1-3H,(H2,10,11). The molecule has 66 valence electrons. The number of alkyl halides is 3. The number of hydrogen-bond acceptors (Lipinski definition) is 3. The third-order valence-corrected chi connectivity index (χ3v) is 0.993. The molecule has 2 N–H and O–H groups in total. The zero-order valence-electron chi connectivity index (χ0n) is 5.80.